The fourth-order valence-electron chi connectivity index (χ4n) is 17.8. The molecular formula is C59H96O27. The third-order valence-corrected chi connectivity index (χ3v) is 23.5. The van der Waals surface area contributed by atoms with E-state index in [1.807, 2.05) is 6.92 Å². The Morgan fingerprint density at radius 2 is 1.12 bits per heavy atom. The highest BCUT2D eigenvalue weighted by Gasteiger charge is 2.72. The Hall–Kier alpha value is -1.79. The standard InChI is InChI=1S/C59H96O27/c1-23-11-16-59(53(75)86-51-43(73)39(69)36(66)29(82-51)22-78-48-41(71)37(67)34(64)27(19-60)80-48)18-17-56(6)25(47(59)58(23,8)76)9-10-31-55(5)14-13-32(54(3,4)30(55)12-15-57(31,56)7)83-52-46(33(63)26(62)21-77-52)85-49-44(74)40(70)45(24(2)79-49)84-50-42(72)38(68)35(65)28(20-61)81-50/h9,23-24,26-52,60-74,76H,10-22H2,1-8H3/t23-,24+,26-,27-,28-,29-,30+,31-,32+,33+,34-,35-,36-,37-,38+,39+,40+,41-,42-,43-,44-,45+,46-,47+,48-,49+,50+,51+,52+,55+,56-,57-,58-,59+/m1/s1. The number of rotatable bonds is 13. The largest absolute Gasteiger partial charge is 0.432 e. The molecule has 0 radical (unpaired) electrons. The number of aliphatic hydroxyl groups excluding tert-OH is 15. The normalized spacial score (nSPS) is 55.6. The third kappa shape index (κ3) is 10.9. The van der Waals surface area contributed by atoms with E-state index in [0.717, 1.165) is 18.4 Å². The van der Waals surface area contributed by atoms with E-state index in [2.05, 4.69) is 40.7 Å². The van der Waals surface area contributed by atoms with E-state index in [9.17, 15) is 81.7 Å². The molecule has 34 atom stereocenters. The molecule has 4 saturated carbocycles. The van der Waals surface area contributed by atoms with Gasteiger partial charge in [-0.3, -0.25) is 4.79 Å². The lowest BCUT2D eigenvalue weighted by molar-refractivity contribution is -0.381. The monoisotopic (exact) mass is 1240 g/mol. The summed E-state index contributed by atoms with van der Waals surface area (Å²) in [7, 11) is 0. The van der Waals surface area contributed by atoms with Crippen LogP contribution in [0, 0.1) is 50.7 Å². The molecule has 0 aromatic rings. The van der Waals surface area contributed by atoms with Gasteiger partial charge in [0.05, 0.1) is 49.7 Å². The Bertz CT molecular complexity index is 2400. The van der Waals surface area contributed by atoms with Gasteiger partial charge in [-0.2, -0.15) is 0 Å². The van der Waals surface area contributed by atoms with E-state index in [1.165, 1.54) is 6.92 Å². The average Bonchev–Trinajstić information content (AvgIpc) is 0.695. The summed E-state index contributed by atoms with van der Waals surface area (Å²) >= 11 is 0. The van der Waals surface area contributed by atoms with E-state index >= 15 is 4.79 Å². The van der Waals surface area contributed by atoms with Gasteiger partial charge in [0.2, 0.25) is 6.29 Å². The van der Waals surface area contributed by atoms with Crippen molar-refractivity contribution < 1.29 is 134 Å². The SMILES string of the molecule is C[C@@H]1O[C@@H](O[C@H]2[C@H](O[C@H]3CC[C@]4(C)[C@H]5CC=C6[C@@H]7[C@](C(=O)O[C@@H]8O[C@H](CO[C@@H]9O[C@H](CO)[C@@H](O)[C@@H](O)[C@H]9O)[C@@H](O)[C@H](O)[C@H]8O)(CC[C@@H](C)[C@@]7(C)O)CC[C@@]6(C)[C@]5(C)CC[C@H]4C3(C)C)OC[C@@H](O)[C@@H]2O)[C@H](O)[C@H](O)[C@H]1O[C@@H]1O[C@H](CO)[C@@H](O)[C@H](O)[C@H]1O. The van der Waals surface area contributed by atoms with Crippen molar-refractivity contribution in [2.24, 2.45) is 50.7 Å². The summed E-state index contributed by atoms with van der Waals surface area (Å²) < 4.78 is 59.5. The molecule has 10 aliphatic rings. The van der Waals surface area contributed by atoms with Crippen molar-refractivity contribution >= 4 is 5.97 Å². The first-order valence-corrected chi connectivity index (χ1v) is 30.8. The molecule has 0 spiro atoms. The highest BCUT2D eigenvalue weighted by Crippen LogP contribution is 2.76. The van der Waals surface area contributed by atoms with Crippen LogP contribution in [0.3, 0.4) is 0 Å². The maximum atomic E-state index is 15.2. The van der Waals surface area contributed by atoms with Gasteiger partial charge in [0.1, 0.15) is 110 Å². The molecule has 27 nitrogen and oxygen atoms in total. The number of ether oxygens (including phenoxy) is 10. The zero-order valence-corrected chi connectivity index (χ0v) is 50.2. The number of carbonyl (C=O) groups is 1. The Morgan fingerprint density at radius 1 is 0.558 bits per heavy atom. The molecule has 9 fully saturated rings. The second kappa shape index (κ2) is 24.6. The quantitative estimate of drug-likeness (QED) is 0.0482. The van der Waals surface area contributed by atoms with Crippen LogP contribution in [0.25, 0.3) is 0 Å². The van der Waals surface area contributed by atoms with Crippen molar-refractivity contribution in [2.45, 2.75) is 272 Å². The maximum Gasteiger partial charge on any atom is 0.315 e. The van der Waals surface area contributed by atoms with Crippen LogP contribution in [0.2, 0.25) is 0 Å². The highest BCUT2D eigenvalue weighted by molar-refractivity contribution is 5.79. The molecule has 27 heteroatoms. The van der Waals surface area contributed by atoms with Gasteiger partial charge in [-0.25, -0.2) is 0 Å². The average molecular weight is 1240 g/mol. The number of hydrogen-bond donors (Lipinski definition) is 16. The first-order chi connectivity index (χ1) is 40.2. The topological polar surface area (TPSA) is 433 Å². The minimum Gasteiger partial charge on any atom is -0.432 e. The lowest BCUT2D eigenvalue weighted by Gasteiger charge is -2.72. The van der Waals surface area contributed by atoms with Gasteiger partial charge < -0.3 is 129 Å². The molecule has 5 aliphatic heterocycles. The molecule has 0 unspecified atom stereocenters. The number of allylic oxidation sites excluding steroid dienone is 1. The zero-order valence-electron chi connectivity index (χ0n) is 50.2. The van der Waals surface area contributed by atoms with Crippen LogP contribution < -0.4 is 0 Å². The molecule has 10 rings (SSSR count). The summed E-state index contributed by atoms with van der Waals surface area (Å²) in [5.74, 6) is -1.56. The first-order valence-electron chi connectivity index (χ1n) is 30.8. The zero-order chi connectivity index (χ0) is 62.9. The van der Waals surface area contributed by atoms with Crippen LogP contribution in [0.15, 0.2) is 11.6 Å². The molecule has 5 saturated heterocycles. The number of aliphatic hydroxyl groups is 16. The van der Waals surface area contributed by atoms with Gasteiger partial charge in [-0.1, -0.05) is 53.2 Å². The molecule has 5 heterocycles. The molecule has 0 amide bonds. The molecule has 5 aliphatic carbocycles. The Labute approximate surface area is 499 Å². The number of fused-ring (bicyclic) bond motifs is 7. The molecule has 0 aromatic heterocycles. The second-order valence-electron chi connectivity index (χ2n) is 28.3. The molecule has 86 heavy (non-hydrogen) atoms. The van der Waals surface area contributed by atoms with Gasteiger partial charge in [0.25, 0.3) is 0 Å². The lowest BCUT2D eigenvalue weighted by atomic mass is 9.33. The van der Waals surface area contributed by atoms with Crippen molar-refractivity contribution in [3.05, 3.63) is 11.6 Å². The number of carbonyl (C=O) groups excluding carboxylic acids is 1. The summed E-state index contributed by atoms with van der Waals surface area (Å²) in [5, 5.41) is 173. The lowest BCUT2D eigenvalue weighted by Crippen LogP contribution is -2.68. The number of hydrogen-bond acceptors (Lipinski definition) is 27. The van der Waals surface area contributed by atoms with Gasteiger partial charge in [-0.15, -0.1) is 0 Å². The van der Waals surface area contributed by atoms with Crippen molar-refractivity contribution in [2.75, 3.05) is 26.4 Å². The Kier molecular flexibility index (Phi) is 19.2. The fourth-order valence-corrected chi connectivity index (χ4v) is 17.8. The predicted molar refractivity (Wildman–Crippen MR) is 289 cm³/mol. The molecule has 16 N–H and O–H groups in total. The van der Waals surface area contributed by atoms with Crippen molar-refractivity contribution in [3.63, 3.8) is 0 Å². The fraction of sp³-hybridized carbons (Fsp3) is 0.949. The molecule has 0 bridgehead atoms. The van der Waals surface area contributed by atoms with Crippen molar-refractivity contribution in [1.29, 1.82) is 0 Å². The van der Waals surface area contributed by atoms with E-state index in [0.29, 0.717) is 44.9 Å². The van der Waals surface area contributed by atoms with E-state index < -0.39 is 207 Å². The van der Waals surface area contributed by atoms with Gasteiger partial charge >= 0.3 is 5.97 Å². The molecule has 494 valence electrons. The van der Waals surface area contributed by atoms with Crippen LogP contribution >= 0.6 is 0 Å². The van der Waals surface area contributed by atoms with Crippen LogP contribution in [0.1, 0.15) is 113 Å². The smallest absolute Gasteiger partial charge is 0.315 e. The van der Waals surface area contributed by atoms with Crippen molar-refractivity contribution in [1.82, 2.24) is 0 Å². The summed E-state index contributed by atoms with van der Waals surface area (Å²) in [4.78, 5) is 15.2. The van der Waals surface area contributed by atoms with Gasteiger partial charge in [0.15, 0.2) is 25.2 Å². The second-order valence-corrected chi connectivity index (χ2v) is 28.3. The van der Waals surface area contributed by atoms with Gasteiger partial charge in [-0.05, 0) is 111 Å². The van der Waals surface area contributed by atoms with E-state index in [1.54, 1.807) is 6.92 Å². The van der Waals surface area contributed by atoms with Crippen molar-refractivity contribution in [3.8, 4) is 0 Å². The Balaban J connectivity index is 0.838. The Morgan fingerprint density at radius 3 is 1.76 bits per heavy atom. The summed E-state index contributed by atoms with van der Waals surface area (Å²) in [6.07, 6.45) is -31.8. The minimum absolute atomic E-state index is 0.0710. The highest BCUT2D eigenvalue weighted by atomic mass is 16.8. The van der Waals surface area contributed by atoms with E-state index in [-0.39, 0.29) is 35.2 Å². The molecule has 0 aromatic carbocycles. The first kappa shape index (κ1) is 67.1. The third-order valence-electron chi connectivity index (χ3n) is 23.5. The number of esters is 1. The van der Waals surface area contributed by atoms with Crippen LogP contribution in [-0.2, 0) is 52.2 Å². The summed E-state index contributed by atoms with van der Waals surface area (Å²) in [5.41, 5.74) is -3.48. The van der Waals surface area contributed by atoms with Crippen LogP contribution in [0.4, 0.5) is 0 Å². The summed E-state index contributed by atoms with van der Waals surface area (Å²) in [6, 6.07) is 0. The predicted octanol–water partition coefficient (Wildman–Crippen LogP) is -3.57. The minimum atomic E-state index is -1.92. The van der Waals surface area contributed by atoms with Gasteiger partial charge in [0, 0.05) is 5.92 Å². The summed E-state index contributed by atoms with van der Waals surface area (Å²) in [6.45, 7) is 14.1. The van der Waals surface area contributed by atoms with Crippen LogP contribution in [0.5, 0.6) is 0 Å². The van der Waals surface area contributed by atoms with E-state index in [4.69, 9.17) is 47.4 Å². The molecular weight excluding hydrogens is 1140 g/mol. The van der Waals surface area contributed by atoms with Crippen LogP contribution in [-0.4, -0.2) is 273 Å². The maximum absolute atomic E-state index is 15.2.